The number of methoxy groups -OCH3 is 1. The zero-order valence-electron chi connectivity index (χ0n) is 12.8. The Hall–Kier alpha value is -1.59. The topological polar surface area (TPSA) is 50.8 Å². The molecule has 0 aromatic heterocycles. The van der Waals surface area contributed by atoms with Crippen molar-refractivity contribution in [2.24, 2.45) is 5.92 Å². The first-order valence-electron chi connectivity index (χ1n) is 7.33. The van der Waals surface area contributed by atoms with Crippen LogP contribution in [-0.4, -0.2) is 51.3 Å². The van der Waals surface area contributed by atoms with Crippen LogP contribution in [0.15, 0.2) is 24.3 Å². The lowest BCUT2D eigenvalue weighted by Gasteiger charge is -2.19. The molecule has 1 aliphatic rings. The number of rotatable bonds is 7. The number of hydrogen-bond acceptors (Lipinski definition) is 4. The van der Waals surface area contributed by atoms with E-state index in [1.807, 2.05) is 31.3 Å². The van der Waals surface area contributed by atoms with E-state index >= 15 is 0 Å². The Balaban J connectivity index is 1.70. The molecule has 1 fully saturated rings. The van der Waals surface area contributed by atoms with Crippen molar-refractivity contribution < 1.29 is 14.3 Å². The van der Waals surface area contributed by atoms with Crippen molar-refractivity contribution in [2.45, 2.75) is 13.0 Å². The molecule has 0 aliphatic carbocycles. The molecular formula is C16H24N2O3. The van der Waals surface area contributed by atoms with Gasteiger partial charge in [0.2, 0.25) is 5.91 Å². The summed E-state index contributed by atoms with van der Waals surface area (Å²) in [7, 11) is 3.61. The van der Waals surface area contributed by atoms with Gasteiger partial charge in [-0.2, -0.15) is 0 Å². The maximum atomic E-state index is 11.9. The fraction of sp³-hybridized carbons (Fsp3) is 0.562. The van der Waals surface area contributed by atoms with Gasteiger partial charge < -0.3 is 14.8 Å². The van der Waals surface area contributed by atoms with E-state index in [-0.39, 0.29) is 5.91 Å². The second kappa shape index (κ2) is 8.00. The van der Waals surface area contributed by atoms with Gasteiger partial charge in [-0.05, 0) is 37.1 Å². The molecule has 5 nitrogen and oxygen atoms in total. The lowest BCUT2D eigenvalue weighted by Crippen LogP contribution is -2.37. The molecule has 1 saturated heterocycles. The van der Waals surface area contributed by atoms with Crippen LogP contribution in [0.1, 0.15) is 12.0 Å². The van der Waals surface area contributed by atoms with Crippen LogP contribution in [-0.2, 0) is 16.1 Å². The smallest absolute Gasteiger partial charge is 0.234 e. The van der Waals surface area contributed by atoms with Crippen LogP contribution in [0.4, 0.5) is 0 Å². The Bertz CT molecular complexity index is 459. The Morgan fingerprint density at radius 1 is 1.52 bits per heavy atom. The highest BCUT2D eigenvalue weighted by Crippen LogP contribution is 2.13. The molecule has 0 unspecified atom stereocenters. The number of amides is 1. The van der Waals surface area contributed by atoms with Crippen molar-refractivity contribution in [1.82, 2.24) is 10.2 Å². The van der Waals surface area contributed by atoms with Crippen LogP contribution in [0.5, 0.6) is 5.75 Å². The van der Waals surface area contributed by atoms with E-state index in [2.05, 4.69) is 10.2 Å². The normalized spacial score (nSPS) is 18.0. The highest BCUT2D eigenvalue weighted by atomic mass is 16.5. The fourth-order valence-corrected chi connectivity index (χ4v) is 2.52. The molecule has 1 aromatic rings. The van der Waals surface area contributed by atoms with E-state index in [1.54, 1.807) is 7.11 Å². The lowest BCUT2D eigenvalue weighted by atomic mass is 10.1. The molecule has 2 rings (SSSR count). The highest BCUT2D eigenvalue weighted by molar-refractivity contribution is 5.77. The summed E-state index contributed by atoms with van der Waals surface area (Å²) in [4.78, 5) is 14.0. The maximum Gasteiger partial charge on any atom is 0.234 e. The number of ether oxygens (including phenoxy) is 2. The van der Waals surface area contributed by atoms with Gasteiger partial charge in [-0.3, -0.25) is 9.69 Å². The van der Waals surface area contributed by atoms with Crippen molar-refractivity contribution in [3.8, 4) is 5.75 Å². The zero-order chi connectivity index (χ0) is 15.1. The largest absolute Gasteiger partial charge is 0.497 e. The number of hydrogen-bond donors (Lipinski definition) is 1. The van der Waals surface area contributed by atoms with E-state index in [1.165, 1.54) is 0 Å². The van der Waals surface area contributed by atoms with Gasteiger partial charge in [0.1, 0.15) is 5.75 Å². The second-order valence-electron chi connectivity index (χ2n) is 5.55. The standard InChI is InChI=1S/C16H24N2O3/c1-18(10-14-6-7-21-12-14)11-16(19)17-9-13-4-3-5-15(8-13)20-2/h3-5,8,14H,6-7,9-12H2,1-2H3,(H,17,19)/t14-/m0/s1. The van der Waals surface area contributed by atoms with E-state index in [9.17, 15) is 4.79 Å². The predicted molar refractivity (Wildman–Crippen MR) is 81.3 cm³/mol. The SMILES string of the molecule is COc1cccc(CNC(=O)CN(C)C[C@@H]2CCOC2)c1. The molecule has 21 heavy (non-hydrogen) atoms. The number of carbonyl (C=O) groups excluding carboxylic acids is 1. The minimum atomic E-state index is 0.0410. The third-order valence-electron chi connectivity index (χ3n) is 3.63. The van der Waals surface area contributed by atoms with Crippen molar-refractivity contribution in [2.75, 3.05) is 40.5 Å². The molecule has 1 aromatic carbocycles. The van der Waals surface area contributed by atoms with Gasteiger partial charge in [-0.15, -0.1) is 0 Å². The second-order valence-corrected chi connectivity index (χ2v) is 5.55. The van der Waals surface area contributed by atoms with Crippen molar-refractivity contribution in [3.05, 3.63) is 29.8 Å². The van der Waals surface area contributed by atoms with Gasteiger partial charge in [-0.25, -0.2) is 0 Å². The number of benzene rings is 1. The summed E-state index contributed by atoms with van der Waals surface area (Å²) in [5, 5.41) is 2.94. The Kier molecular flexibility index (Phi) is 6.02. The summed E-state index contributed by atoms with van der Waals surface area (Å²) >= 11 is 0. The average molecular weight is 292 g/mol. The van der Waals surface area contributed by atoms with Crippen LogP contribution in [0.3, 0.4) is 0 Å². The molecular weight excluding hydrogens is 268 g/mol. The van der Waals surface area contributed by atoms with E-state index in [0.29, 0.717) is 19.0 Å². The average Bonchev–Trinajstić information content (AvgIpc) is 2.98. The van der Waals surface area contributed by atoms with Crippen LogP contribution < -0.4 is 10.1 Å². The number of nitrogens with zero attached hydrogens (tertiary/aromatic N) is 1. The fourth-order valence-electron chi connectivity index (χ4n) is 2.52. The molecule has 0 saturated carbocycles. The van der Waals surface area contributed by atoms with E-state index < -0.39 is 0 Å². The summed E-state index contributed by atoms with van der Waals surface area (Å²) in [5.41, 5.74) is 1.04. The summed E-state index contributed by atoms with van der Waals surface area (Å²) in [5.74, 6) is 1.40. The molecule has 1 N–H and O–H groups in total. The van der Waals surface area contributed by atoms with Crippen LogP contribution >= 0.6 is 0 Å². The first-order valence-corrected chi connectivity index (χ1v) is 7.33. The molecule has 0 radical (unpaired) electrons. The quantitative estimate of drug-likeness (QED) is 0.822. The van der Waals surface area contributed by atoms with Crippen molar-refractivity contribution >= 4 is 5.91 Å². The van der Waals surface area contributed by atoms with Crippen molar-refractivity contribution in [1.29, 1.82) is 0 Å². The molecule has 1 heterocycles. The summed E-state index contributed by atoms with van der Waals surface area (Å²) in [6.07, 6.45) is 1.09. The van der Waals surface area contributed by atoms with Crippen molar-refractivity contribution in [3.63, 3.8) is 0 Å². The number of nitrogens with one attached hydrogen (secondary N) is 1. The maximum absolute atomic E-state index is 11.9. The third kappa shape index (κ3) is 5.36. The Morgan fingerprint density at radius 3 is 3.10 bits per heavy atom. The van der Waals surface area contributed by atoms with E-state index in [4.69, 9.17) is 9.47 Å². The molecule has 1 aliphatic heterocycles. The van der Waals surface area contributed by atoms with Gasteiger partial charge in [-0.1, -0.05) is 12.1 Å². The van der Waals surface area contributed by atoms with Crippen LogP contribution in [0.2, 0.25) is 0 Å². The van der Waals surface area contributed by atoms with Crippen LogP contribution in [0, 0.1) is 5.92 Å². The highest BCUT2D eigenvalue weighted by Gasteiger charge is 2.18. The van der Waals surface area contributed by atoms with Gasteiger partial charge in [0.25, 0.3) is 0 Å². The molecule has 116 valence electrons. The molecule has 0 spiro atoms. The zero-order valence-corrected chi connectivity index (χ0v) is 12.8. The summed E-state index contributed by atoms with van der Waals surface area (Å²) in [6.45, 7) is 3.51. The molecule has 0 bridgehead atoms. The van der Waals surface area contributed by atoms with Gasteiger partial charge in [0, 0.05) is 19.7 Å². The minimum Gasteiger partial charge on any atom is -0.497 e. The monoisotopic (exact) mass is 292 g/mol. The lowest BCUT2D eigenvalue weighted by molar-refractivity contribution is -0.122. The number of likely N-dealkylation sites (N-methyl/N-ethyl adjacent to an activating group) is 1. The minimum absolute atomic E-state index is 0.0410. The Labute approximate surface area is 126 Å². The van der Waals surface area contributed by atoms with Crippen LogP contribution in [0.25, 0.3) is 0 Å². The number of carbonyl (C=O) groups is 1. The van der Waals surface area contributed by atoms with Gasteiger partial charge in [0.15, 0.2) is 0 Å². The summed E-state index contributed by atoms with van der Waals surface area (Å²) in [6, 6.07) is 7.72. The molecule has 5 heteroatoms. The predicted octanol–water partition coefficient (Wildman–Crippen LogP) is 1.28. The molecule has 1 amide bonds. The third-order valence-corrected chi connectivity index (χ3v) is 3.63. The van der Waals surface area contributed by atoms with Gasteiger partial charge >= 0.3 is 0 Å². The summed E-state index contributed by atoms with van der Waals surface area (Å²) < 4.78 is 10.5. The Morgan fingerprint density at radius 2 is 2.38 bits per heavy atom. The first kappa shape index (κ1) is 15.8. The molecule has 1 atom stereocenters. The van der Waals surface area contributed by atoms with E-state index in [0.717, 1.165) is 37.5 Å². The van der Waals surface area contributed by atoms with Gasteiger partial charge in [0.05, 0.1) is 20.3 Å². The first-order chi connectivity index (χ1) is 10.2.